The van der Waals surface area contributed by atoms with Gasteiger partial charge in [-0.3, -0.25) is 14.5 Å². The maximum absolute atomic E-state index is 11.9. The molecule has 1 amide bonds. The predicted molar refractivity (Wildman–Crippen MR) is 75.1 cm³/mol. The molecule has 21 heavy (non-hydrogen) atoms. The Labute approximate surface area is 123 Å². The van der Waals surface area contributed by atoms with Gasteiger partial charge in [0.15, 0.2) is 11.5 Å². The third-order valence-electron chi connectivity index (χ3n) is 3.71. The van der Waals surface area contributed by atoms with E-state index in [2.05, 4.69) is 5.32 Å². The molecule has 1 fully saturated rings. The summed E-state index contributed by atoms with van der Waals surface area (Å²) in [5, 5.41) is 2.89. The molecule has 0 spiro atoms. The van der Waals surface area contributed by atoms with Crippen molar-refractivity contribution in [1.82, 2.24) is 10.2 Å². The summed E-state index contributed by atoms with van der Waals surface area (Å²) in [5.41, 5.74) is 0.974. The zero-order valence-corrected chi connectivity index (χ0v) is 11.8. The molecule has 6 nitrogen and oxygen atoms in total. The predicted octanol–water partition coefficient (Wildman–Crippen LogP) is 0.696. The third-order valence-corrected chi connectivity index (χ3v) is 3.71. The molecular formula is C15H18N2O4. The van der Waals surface area contributed by atoms with Crippen LogP contribution >= 0.6 is 0 Å². The van der Waals surface area contributed by atoms with Crippen LogP contribution in [0, 0.1) is 0 Å². The Bertz CT molecular complexity index is 549. The van der Waals surface area contributed by atoms with Gasteiger partial charge in [0.2, 0.25) is 12.7 Å². The van der Waals surface area contributed by atoms with Crippen LogP contribution in [0.1, 0.15) is 18.4 Å². The molecule has 0 unspecified atom stereocenters. The van der Waals surface area contributed by atoms with Crippen molar-refractivity contribution in [3.05, 3.63) is 23.8 Å². The summed E-state index contributed by atoms with van der Waals surface area (Å²) in [4.78, 5) is 25.1. The number of carbonyl (C=O) groups excluding carboxylic acids is 2. The quantitative estimate of drug-likeness (QED) is 0.884. The first-order valence-corrected chi connectivity index (χ1v) is 7.10. The molecule has 0 aliphatic carbocycles. The summed E-state index contributed by atoms with van der Waals surface area (Å²) < 4.78 is 10.5. The minimum atomic E-state index is -0.0259. The van der Waals surface area contributed by atoms with Crippen molar-refractivity contribution in [2.45, 2.75) is 19.4 Å². The number of carbonyl (C=O) groups is 2. The van der Waals surface area contributed by atoms with Crippen LogP contribution in [0.3, 0.4) is 0 Å². The first-order valence-electron chi connectivity index (χ1n) is 7.10. The summed E-state index contributed by atoms with van der Waals surface area (Å²) in [7, 11) is 0. The SMILES string of the molecule is O=C1CCN(CC(=O)NCc2ccc3c(c2)OCO3)CC1. The van der Waals surface area contributed by atoms with Crippen LogP contribution in [0.2, 0.25) is 0 Å². The van der Waals surface area contributed by atoms with E-state index < -0.39 is 0 Å². The first kappa shape index (κ1) is 13.9. The Morgan fingerprint density at radius 1 is 1.19 bits per heavy atom. The maximum Gasteiger partial charge on any atom is 0.234 e. The van der Waals surface area contributed by atoms with Gasteiger partial charge in [0, 0.05) is 32.5 Å². The molecular weight excluding hydrogens is 272 g/mol. The average molecular weight is 290 g/mol. The highest BCUT2D eigenvalue weighted by Gasteiger charge is 2.18. The Morgan fingerprint density at radius 2 is 1.95 bits per heavy atom. The Balaban J connectivity index is 1.46. The van der Waals surface area contributed by atoms with Crippen LogP contribution < -0.4 is 14.8 Å². The van der Waals surface area contributed by atoms with Gasteiger partial charge in [-0.15, -0.1) is 0 Å². The van der Waals surface area contributed by atoms with Gasteiger partial charge in [0.25, 0.3) is 0 Å². The van der Waals surface area contributed by atoms with E-state index in [9.17, 15) is 9.59 Å². The maximum atomic E-state index is 11.9. The highest BCUT2D eigenvalue weighted by molar-refractivity contribution is 5.81. The second-order valence-electron chi connectivity index (χ2n) is 5.28. The highest BCUT2D eigenvalue weighted by Crippen LogP contribution is 2.32. The van der Waals surface area contributed by atoms with E-state index in [1.807, 2.05) is 23.1 Å². The van der Waals surface area contributed by atoms with E-state index >= 15 is 0 Å². The molecule has 1 saturated heterocycles. The fourth-order valence-corrected chi connectivity index (χ4v) is 2.47. The van der Waals surface area contributed by atoms with Gasteiger partial charge in [-0.2, -0.15) is 0 Å². The number of piperidine rings is 1. The Kier molecular flexibility index (Phi) is 4.06. The molecule has 3 rings (SSSR count). The van der Waals surface area contributed by atoms with E-state index in [4.69, 9.17) is 9.47 Å². The van der Waals surface area contributed by atoms with Crippen molar-refractivity contribution >= 4 is 11.7 Å². The number of Topliss-reactive ketones (excluding diaryl/α,β-unsaturated/α-hetero) is 1. The normalized spacial score (nSPS) is 17.8. The second-order valence-corrected chi connectivity index (χ2v) is 5.28. The summed E-state index contributed by atoms with van der Waals surface area (Å²) >= 11 is 0. The number of ether oxygens (including phenoxy) is 2. The minimum Gasteiger partial charge on any atom is -0.454 e. The molecule has 0 bridgehead atoms. The van der Waals surface area contributed by atoms with Crippen molar-refractivity contribution < 1.29 is 19.1 Å². The summed E-state index contributed by atoms with van der Waals surface area (Å²) in [6.07, 6.45) is 1.10. The van der Waals surface area contributed by atoms with E-state index in [1.165, 1.54) is 0 Å². The minimum absolute atomic E-state index is 0.0259. The monoisotopic (exact) mass is 290 g/mol. The smallest absolute Gasteiger partial charge is 0.234 e. The highest BCUT2D eigenvalue weighted by atomic mass is 16.7. The average Bonchev–Trinajstić information content (AvgIpc) is 2.95. The molecule has 2 aliphatic heterocycles. The van der Waals surface area contributed by atoms with E-state index in [0.29, 0.717) is 39.0 Å². The van der Waals surface area contributed by atoms with Crippen molar-refractivity contribution in [1.29, 1.82) is 0 Å². The van der Waals surface area contributed by atoms with Crippen LogP contribution in [0.4, 0.5) is 0 Å². The fraction of sp³-hybridized carbons (Fsp3) is 0.467. The molecule has 1 N–H and O–H groups in total. The Hall–Kier alpha value is -2.08. The van der Waals surface area contributed by atoms with Gasteiger partial charge in [-0.05, 0) is 17.7 Å². The van der Waals surface area contributed by atoms with E-state index in [0.717, 1.165) is 17.1 Å². The molecule has 0 saturated carbocycles. The summed E-state index contributed by atoms with van der Waals surface area (Å²) in [6, 6.07) is 5.63. The van der Waals surface area contributed by atoms with Gasteiger partial charge in [0.05, 0.1) is 6.54 Å². The number of ketones is 1. The second kappa shape index (κ2) is 6.13. The molecule has 6 heteroatoms. The lowest BCUT2D eigenvalue weighted by Gasteiger charge is -2.24. The molecule has 112 valence electrons. The number of amides is 1. The van der Waals surface area contributed by atoms with Crippen LogP contribution in [-0.4, -0.2) is 43.0 Å². The number of benzene rings is 1. The van der Waals surface area contributed by atoms with Crippen molar-refractivity contribution in [2.24, 2.45) is 0 Å². The molecule has 0 aromatic heterocycles. The lowest BCUT2D eigenvalue weighted by Crippen LogP contribution is -2.41. The van der Waals surface area contributed by atoms with Crippen LogP contribution in [0.5, 0.6) is 11.5 Å². The molecule has 1 aromatic rings. The number of likely N-dealkylation sites (tertiary alicyclic amines) is 1. The number of fused-ring (bicyclic) bond motifs is 1. The zero-order chi connectivity index (χ0) is 14.7. The lowest BCUT2D eigenvalue weighted by molar-refractivity contribution is -0.126. The van der Waals surface area contributed by atoms with Crippen molar-refractivity contribution in [2.75, 3.05) is 26.4 Å². The molecule has 2 heterocycles. The lowest BCUT2D eigenvalue weighted by atomic mass is 10.1. The molecule has 1 aromatic carbocycles. The van der Waals surface area contributed by atoms with Crippen LogP contribution in [0.25, 0.3) is 0 Å². The van der Waals surface area contributed by atoms with Crippen LogP contribution in [0.15, 0.2) is 18.2 Å². The zero-order valence-electron chi connectivity index (χ0n) is 11.8. The third kappa shape index (κ3) is 3.52. The number of nitrogens with zero attached hydrogens (tertiary/aromatic N) is 1. The molecule has 0 atom stereocenters. The van der Waals surface area contributed by atoms with Gasteiger partial charge >= 0.3 is 0 Å². The first-order chi connectivity index (χ1) is 10.2. The van der Waals surface area contributed by atoms with E-state index in [-0.39, 0.29) is 18.5 Å². The van der Waals surface area contributed by atoms with Gasteiger partial charge < -0.3 is 14.8 Å². The number of rotatable bonds is 4. The van der Waals surface area contributed by atoms with Gasteiger partial charge in [0.1, 0.15) is 5.78 Å². The topological polar surface area (TPSA) is 67.9 Å². The summed E-state index contributed by atoms with van der Waals surface area (Å²) in [6.45, 7) is 2.41. The Morgan fingerprint density at radius 3 is 2.76 bits per heavy atom. The number of nitrogens with one attached hydrogen (secondary N) is 1. The van der Waals surface area contributed by atoms with Crippen molar-refractivity contribution in [3.63, 3.8) is 0 Å². The number of hydrogen-bond donors (Lipinski definition) is 1. The molecule has 0 radical (unpaired) electrons. The largest absolute Gasteiger partial charge is 0.454 e. The molecule has 2 aliphatic rings. The summed E-state index contributed by atoms with van der Waals surface area (Å²) in [5.74, 6) is 1.72. The van der Waals surface area contributed by atoms with Gasteiger partial charge in [-0.25, -0.2) is 0 Å². The van der Waals surface area contributed by atoms with Crippen molar-refractivity contribution in [3.8, 4) is 11.5 Å². The van der Waals surface area contributed by atoms with E-state index in [1.54, 1.807) is 0 Å². The fourth-order valence-electron chi connectivity index (χ4n) is 2.47. The number of hydrogen-bond acceptors (Lipinski definition) is 5. The van der Waals surface area contributed by atoms with Gasteiger partial charge in [-0.1, -0.05) is 6.07 Å². The van der Waals surface area contributed by atoms with Crippen LogP contribution in [-0.2, 0) is 16.1 Å². The standard InChI is InChI=1S/C15H18N2O4/c18-12-3-5-17(6-4-12)9-15(19)16-8-11-1-2-13-14(7-11)21-10-20-13/h1-2,7H,3-6,8-10H2,(H,16,19).